The monoisotopic (exact) mass is 258 g/mol. The molecule has 0 unspecified atom stereocenters. The van der Waals surface area contributed by atoms with E-state index in [4.69, 9.17) is 0 Å². The van der Waals surface area contributed by atoms with E-state index in [0.717, 1.165) is 24.1 Å². The standard InChI is InChI=1S/C14H18N4O/c1-3-18(4-2)14(19)10-16-13-9-15-11-7-5-6-8-12(11)17-13/h5-9H,3-4,10H2,1-2H3,(H,16,17). The van der Waals surface area contributed by atoms with Crippen LogP contribution in [0.25, 0.3) is 11.0 Å². The van der Waals surface area contributed by atoms with E-state index in [0.29, 0.717) is 5.82 Å². The highest BCUT2D eigenvalue weighted by atomic mass is 16.2. The molecule has 1 N–H and O–H groups in total. The third-order valence-electron chi connectivity index (χ3n) is 2.99. The number of nitrogens with one attached hydrogen (secondary N) is 1. The zero-order chi connectivity index (χ0) is 13.7. The summed E-state index contributed by atoms with van der Waals surface area (Å²) in [7, 11) is 0. The molecule has 1 aromatic carbocycles. The minimum atomic E-state index is 0.0694. The summed E-state index contributed by atoms with van der Waals surface area (Å²) < 4.78 is 0. The molecule has 0 aliphatic heterocycles. The number of para-hydroxylation sites is 2. The summed E-state index contributed by atoms with van der Waals surface area (Å²) in [5.41, 5.74) is 1.67. The molecular weight excluding hydrogens is 240 g/mol. The van der Waals surface area contributed by atoms with Crippen LogP contribution >= 0.6 is 0 Å². The lowest BCUT2D eigenvalue weighted by molar-refractivity contribution is -0.128. The van der Waals surface area contributed by atoms with Gasteiger partial charge >= 0.3 is 0 Å². The van der Waals surface area contributed by atoms with Crippen molar-refractivity contribution in [1.82, 2.24) is 14.9 Å². The van der Waals surface area contributed by atoms with E-state index in [2.05, 4.69) is 15.3 Å². The normalized spacial score (nSPS) is 10.4. The molecule has 0 spiro atoms. The van der Waals surface area contributed by atoms with Crippen molar-refractivity contribution >= 4 is 22.8 Å². The van der Waals surface area contributed by atoms with Crippen molar-refractivity contribution in [1.29, 1.82) is 0 Å². The summed E-state index contributed by atoms with van der Waals surface area (Å²) in [6, 6.07) is 7.66. The number of carbonyl (C=O) groups excluding carboxylic acids is 1. The fourth-order valence-electron chi connectivity index (χ4n) is 1.90. The van der Waals surface area contributed by atoms with Gasteiger partial charge in [-0.3, -0.25) is 9.78 Å². The Morgan fingerprint density at radius 3 is 2.58 bits per heavy atom. The highest BCUT2D eigenvalue weighted by Gasteiger charge is 2.09. The molecule has 100 valence electrons. The Kier molecular flexibility index (Phi) is 4.28. The first kappa shape index (κ1) is 13.3. The van der Waals surface area contributed by atoms with Gasteiger partial charge in [-0.25, -0.2) is 4.98 Å². The number of aromatic nitrogens is 2. The van der Waals surface area contributed by atoms with Gasteiger partial charge in [0.05, 0.1) is 23.8 Å². The molecule has 0 saturated carbocycles. The van der Waals surface area contributed by atoms with Gasteiger partial charge in [0.1, 0.15) is 5.82 Å². The van der Waals surface area contributed by atoms with Gasteiger partial charge in [-0.15, -0.1) is 0 Å². The summed E-state index contributed by atoms with van der Waals surface area (Å²) >= 11 is 0. The molecule has 0 bridgehead atoms. The lowest BCUT2D eigenvalue weighted by atomic mass is 10.3. The van der Waals surface area contributed by atoms with Crippen molar-refractivity contribution in [2.24, 2.45) is 0 Å². The van der Waals surface area contributed by atoms with Crippen LogP contribution in [0.5, 0.6) is 0 Å². The molecule has 0 atom stereocenters. The van der Waals surface area contributed by atoms with Crippen LogP contribution in [0, 0.1) is 0 Å². The predicted octanol–water partition coefficient (Wildman–Crippen LogP) is 1.91. The maximum absolute atomic E-state index is 11.9. The first-order valence-corrected chi connectivity index (χ1v) is 6.48. The van der Waals surface area contributed by atoms with E-state index in [1.807, 2.05) is 38.1 Å². The van der Waals surface area contributed by atoms with Gasteiger partial charge in [-0.05, 0) is 26.0 Å². The van der Waals surface area contributed by atoms with Gasteiger partial charge in [0.25, 0.3) is 0 Å². The molecule has 2 rings (SSSR count). The Bertz CT molecular complexity index is 566. The van der Waals surface area contributed by atoms with Crippen LogP contribution in [0.3, 0.4) is 0 Å². The molecule has 0 aliphatic rings. The number of carbonyl (C=O) groups is 1. The van der Waals surface area contributed by atoms with Gasteiger partial charge in [0.2, 0.25) is 5.91 Å². The predicted molar refractivity (Wildman–Crippen MR) is 76.0 cm³/mol. The highest BCUT2D eigenvalue weighted by molar-refractivity contribution is 5.81. The number of anilines is 1. The van der Waals surface area contributed by atoms with Crippen LogP contribution in [0.1, 0.15) is 13.8 Å². The van der Waals surface area contributed by atoms with E-state index in [1.165, 1.54) is 0 Å². The minimum absolute atomic E-state index is 0.0694. The minimum Gasteiger partial charge on any atom is -0.360 e. The lowest BCUT2D eigenvalue weighted by Gasteiger charge is -2.18. The zero-order valence-corrected chi connectivity index (χ0v) is 11.3. The number of amides is 1. The Morgan fingerprint density at radius 2 is 1.89 bits per heavy atom. The summed E-state index contributed by atoms with van der Waals surface area (Å²) in [5.74, 6) is 0.694. The van der Waals surface area contributed by atoms with Crippen LogP contribution in [-0.2, 0) is 4.79 Å². The molecule has 19 heavy (non-hydrogen) atoms. The number of benzene rings is 1. The molecule has 0 radical (unpaired) electrons. The summed E-state index contributed by atoms with van der Waals surface area (Å²) in [5, 5.41) is 3.02. The smallest absolute Gasteiger partial charge is 0.241 e. The largest absolute Gasteiger partial charge is 0.360 e. The molecule has 1 aromatic heterocycles. The number of hydrogen-bond donors (Lipinski definition) is 1. The molecular formula is C14H18N4O. The molecule has 1 heterocycles. The van der Waals surface area contributed by atoms with Gasteiger partial charge < -0.3 is 10.2 Å². The van der Waals surface area contributed by atoms with Crippen molar-refractivity contribution in [3.05, 3.63) is 30.5 Å². The number of hydrogen-bond acceptors (Lipinski definition) is 4. The van der Waals surface area contributed by atoms with Crippen LogP contribution in [0.4, 0.5) is 5.82 Å². The zero-order valence-electron chi connectivity index (χ0n) is 11.3. The Morgan fingerprint density at radius 1 is 1.21 bits per heavy atom. The van der Waals surface area contributed by atoms with Crippen molar-refractivity contribution in [3.63, 3.8) is 0 Å². The Hall–Kier alpha value is -2.17. The fourth-order valence-corrected chi connectivity index (χ4v) is 1.90. The summed E-state index contributed by atoms with van der Waals surface area (Å²) in [6.45, 7) is 5.63. The molecule has 2 aromatic rings. The average molecular weight is 258 g/mol. The summed E-state index contributed by atoms with van der Waals surface area (Å²) in [6.07, 6.45) is 1.65. The summed E-state index contributed by atoms with van der Waals surface area (Å²) in [4.78, 5) is 22.3. The second kappa shape index (κ2) is 6.13. The topological polar surface area (TPSA) is 58.1 Å². The Labute approximate surface area is 112 Å². The highest BCUT2D eigenvalue weighted by Crippen LogP contribution is 2.10. The van der Waals surface area contributed by atoms with Gasteiger partial charge in [0, 0.05) is 13.1 Å². The van der Waals surface area contributed by atoms with E-state index in [1.54, 1.807) is 11.1 Å². The molecule has 0 fully saturated rings. The third-order valence-corrected chi connectivity index (χ3v) is 2.99. The molecule has 5 nitrogen and oxygen atoms in total. The van der Waals surface area contributed by atoms with Gasteiger partial charge in [0.15, 0.2) is 0 Å². The Balaban J connectivity index is 2.03. The maximum atomic E-state index is 11.9. The van der Waals surface area contributed by atoms with Crippen molar-refractivity contribution in [2.45, 2.75) is 13.8 Å². The van der Waals surface area contributed by atoms with Crippen LogP contribution in [-0.4, -0.2) is 40.4 Å². The molecule has 0 aliphatic carbocycles. The van der Waals surface area contributed by atoms with Gasteiger partial charge in [-0.1, -0.05) is 12.1 Å². The van der Waals surface area contributed by atoms with Crippen LogP contribution in [0.15, 0.2) is 30.5 Å². The third kappa shape index (κ3) is 3.19. The van der Waals surface area contributed by atoms with E-state index >= 15 is 0 Å². The average Bonchev–Trinajstić information content (AvgIpc) is 2.46. The van der Waals surface area contributed by atoms with E-state index in [-0.39, 0.29) is 12.5 Å². The quantitative estimate of drug-likeness (QED) is 0.890. The second-order valence-corrected chi connectivity index (χ2v) is 4.16. The number of fused-ring (bicyclic) bond motifs is 1. The first-order chi connectivity index (χ1) is 9.24. The fraction of sp³-hybridized carbons (Fsp3) is 0.357. The van der Waals surface area contributed by atoms with Crippen LogP contribution in [0.2, 0.25) is 0 Å². The number of nitrogens with zero attached hydrogens (tertiary/aromatic N) is 3. The van der Waals surface area contributed by atoms with E-state index in [9.17, 15) is 4.79 Å². The van der Waals surface area contributed by atoms with Crippen molar-refractivity contribution in [3.8, 4) is 0 Å². The first-order valence-electron chi connectivity index (χ1n) is 6.48. The van der Waals surface area contributed by atoms with Gasteiger partial charge in [-0.2, -0.15) is 0 Å². The molecule has 5 heteroatoms. The van der Waals surface area contributed by atoms with Crippen LogP contribution < -0.4 is 5.32 Å². The van der Waals surface area contributed by atoms with Crippen molar-refractivity contribution in [2.75, 3.05) is 25.0 Å². The maximum Gasteiger partial charge on any atom is 0.241 e. The lowest BCUT2D eigenvalue weighted by Crippen LogP contribution is -2.35. The second-order valence-electron chi connectivity index (χ2n) is 4.16. The number of likely N-dealkylation sites (N-methyl/N-ethyl adjacent to an activating group) is 1. The molecule has 1 amide bonds. The van der Waals surface area contributed by atoms with E-state index < -0.39 is 0 Å². The SMILES string of the molecule is CCN(CC)C(=O)CNc1cnc2ccccc2n1. The number of rotatable bonds is 5. The molecule has 0 saturated heterocycles. The van der Waals surface area contributed by atoms with Crippen molar-refractivity contribution < 1.29 is 4.79 Å².